The molecule has 1 amide bonds. The van der Waals surface area contributed by atoms with Gasteiger partial charge in [0.05, 0.1) is 34.3 Å². The summed E-state index contributed by atoms with van der Waals surface area (Å²) in [4.78, 5) is 36.6. The molecule has 12 heteroatoms. The number of nitro benzene ring substituents is 2. The second-order valence-electron chi connectivity index (χ2n) is 6.35. The van der Waals surface area contributed by atoms with Crippen LogP contribution in [0.5, 0.6) is 17.2 Å². The highest BCUT2D eigenvalue weighted by atomic mass is 16.6. The number of carbonyl (C=O) groups excluding carboxylic acids is 1. The molecule has 3 rings (SSSR count). The largest absolute Gasteiger partial charge is 0.490 e. The van der Waals surface area contributed by atoms with Crippen molar-refractivity contribution in [3.05, 3.63) is 92.3 Å². The van der Waals surface area contributed by atoms with Gasteiger partial charge in [-0.15, -0.1) is 0 Å². The molecule has 0 aliphatic rings. The molecule has 0 aliphatic heterocycles. The van der Waals surface area contributed by atoms with E-state index in [9.17, 15) is 25.0 Å². The minimum Gasteiger partial charge on any atom is -0.490 e. The number of rotatable bonds is 9. The number of aromatic nitrogens is 1. The first-order valence-corrected chi connectivity index (χ1v) is 9.50. The van der Waals surface area contributed by atoms with Crippen molar-refractivity contribution in [2.45, 2.75) is 6.92 Å². The molecule has 0 radical (unpaired) electrons. The Kier molecular flexibility index (Phi) is 7.21. The summed E-state index contributed by atoms with van der Waals surface area (Å²) in [7, 11) is 0. The number of hydrogen-bond donors (Lipinski definition) is 1. The second kappa shape index (κ2) is 10.4. The lowest BCUT2D eigenvalue weighted by Crippen LogP contribution is -2.17. The van der Waals surface area contributed by atoms with Crippen LogP contribution in [0.1, 0.15) is 22.8 Å². The predicted octanol–water partition coefficient (Wildman–Crippen LogP) is 3.85. The van der Waals surface area contributed by atoms with Crippen molar-refractivity contribution in [2.24, 2.45) is 5.10 Å². The number of nitrogens with one attached hydrogen (secondary N) is 1. The Hall–Kier alpha value is -4.87. The highest BCUT2D eigenvalue weighted by Gasteiger charge is 2.22. The van der Waals surface area contributed by atoms with Crippen molar-refractivity contribution < 1.29 is 24.1 Å². The number of amides is 1. The molecule has 3 aromatic rings. The summed E-state index contributed by atoms with van der Waals surface area (Å²) in [5, 5.41) is 26.1. The van der Waals surface area contributed by atoms with E-state index in [0.29, 0.717) is 11.1 Å². The maximum atomic E-state index is 12.0. The summed E-state index contributed by atoms with van der Waals surface area (Å²) in [6.45, 7) is 2.02. The van der Waals surface area contributed by atoms with Gasteiger partial charge in [-0.1, -0.05) is 0 Å². The monoisotopic (exact) mass is 451 g/mol. The van der Waals surface area contributed by atoms with Crippen molar-refractivity contribution in [3.8, 4) is 17.2 Å². The lowest BCUT2D eigenvalue weighted by atomic mass is 10.2. The number of pyridine rings is 1. The van der Waals surface area contributed by atoms with Gasteiger partial charge in [0.1, 0.15) is 0 Å². The van der Waals surface area contributed by atoms with Gasteiger partial charge in [-0.3, -0.25) is 30.0 Å². The van der Waals surface area contributed by atoms with E-state index in [2.05, 4.69) is 15.5 Å². The minimum atomic E-state index is -0.769. The quantitative estimate of drug-likeness (QED) is 0.292. The van der Waals surface area contributed by atoms with E-state index in [-0.39, 0.29) is 23.9 Å². The highest BCUT2D eigenvalue weighted by Crippen LogP contribution is 2.38. The first-order valence-electron chi connectivity index (χ1n) is 9.50. The van der Waals surface area contributed by atoms with E-state index in [1.54, 1.807) is 37.4 Å². The van der Waals surface area contributed by atoms with E-state index < -0.39 is 27.1 Å². The maximum Gasteiger partial charge on any atom is 0.318 e. The molecule has 0 aliphatic carbocycles. The average molecular weight is 451 g/mol. The van der Waals surface area contributed by atoms with Gasteiger partial charge in [0.15, 0.2) is 11.5 Å². The molecule has 0 atom stereocenters. The third kappa shape index (κ3) is 5.85. The molecule has 168 valence electrons. The minimum absolute atomic E-state index is 0.158. The van der Waals surface area contributed by atoms with Crippen LogP contribution in [0.2, 0.25) is 0 Å². The first kappa shape index (κ1) is 22.8. The average Bonchev–Trinajstić information content (AvgIpc) is 2.81. The summed E-state index contributed by atoms with van der Waals surface area (Å²) in [5.41, 5.74) is 2.28. The van der Waals surface area contributed by atoms with Crippen LogP contribution in [0.4, 0.5) is 11.4 Å². The number of nitrogens with zero attached hydrogens (tertiary/aromatic N) is 4. The predicted molar refractivity (Wildman–Crippen MR) is 117 cm³/mol. The lowest BCUT2D eigenvalue weighted by molar-refractivity contribution is -0.394. The number of ether oxygens (including phenoxy) is 2. The van der Waals surface area contributed by atoms with E-state index in [1.165, 1.54) is 18.5 Å². The highest BCUT2D eigenvalue weighted by molar-refractivity contribution is 5.94. The molecular formula is C21H17N5O7. The SMILES string of the molecule is CCOc1cc(C=NNC(=O)c2cccnc2)ccc1Oc1ccc([N+](=O)[O-])cc1[N+](=O)[O-]. The Labute approximate surface area is 186 Å². The Balaban J connectivity index is 1.81. The lowest BCUT2D eigenvalue weighted by Gasteiger charge is -2.12. The van der Waals surface area contributed by atoms with Gasteiger partial charge in [-0.05, 0) is 48.9 Å². The summed E-state index contributed by atoms with van der Waals surface area (Å²) < 4.78 is 11.2. The number of hydrogen-bond acceptors (Lipinski definition) is 9. The van der Waals surface area contributed by atoms with Gasteiger partial charge in [-0.25, -0.2) is 5.43 Å². The van der Waals surface area contributed by atoms with Crippen molar-refractivity contribution in [1.82, 2.24) is 10.4 Å². The summed E-state index contributed by atoms with van der Waals surface area (Å²) >= 11 is 0. The molecule has 0 saturated carbocycles. The Bertz CT molecular complexity index is 1210. The zero-order chi connectivity index (χ0) is 23.8. The van der Waals surface area contributed by atoms with Crippen molar-refractivity contribution in [2.75, 3.05) is 6.61 Å². The molecule has 1 N–H and O–H groups in total. The van der Waals surface area contributed by atoms with Crippen LogP contribution in [-0.2, 0) is 0 Å². The molecule has 1 heterocycles. The van der Waals surface area contributed by atoms with Gasteiger partial charge in [0, 0.05) is 18.5 Å². The third-order valence-corrected chi connectivity index (χ3v) is 4.14. The van der Waals surface area contributed by atoms with Crippen LogP contribution in [0, 0.1) is 20.2 Å². The van der Waals surface area contributed by atoms with Crippen LogP contribution in [0.3, 0.4) is 0 Å². The standard InChI is InChI=1S/C21H17N5O7/c1-2-32-20-10-14(12-23-24-21(27)15-4-3-9-22-13-15)5-7-19(20)33-18-8-6-16(25(28)29)11-17(18)26(30)31/h3-13H,2H2,1H3,(H,24,27). The van der Waals surface area contributed by atoms with Crippen LogP contribution in [0.15, 0.2) is 66.0 Å². The van der Waals surface area contributed by atoms with Crippen LogP contribution in [-0.4, -0.2) is 33.6 Å². The van der Waals surface area contributed by atoms with Gasteiger partial charge in [0.25, 0.3) is 11.6 Å². The van der Waals surface area contributed by atoms with E-state index in [0.717, 1.165) is 18.2 Å². The zero-order valence-corrected chi connectivity index (χ0v) is 17.2. The normalized spacial score (nSPS) is 10.6. The molecule has 0 bridgehead atoms. The van der Waals surface area contributed by atoms with Crippen LogP contribution in [0.25, 0.3) is 0 Å². The smallest absolute Gasteiger partial charge is 0.318 e. The maximum absolute atomic E-state index is 12.0. The molecule has 0 saturated heterocycles. The van der Waals surface area contributed by atoms with Gasteiger partial charge in [-0.2, -0.15) is 5.10 Å². The molecule has 2 aromatic carbocycles. The molecule has 0 unspecified atom stereocenters. The number of nitro groups is 2. The number of carbonyl (C=O) groups is 1. The Morgan fingerprint density at radius 3 is 2.55 bits per heavy atom. The topological polar surface area (TPSA) is 159 Å². The Morgan fingerprint density at radius 1 is 1.09 bits per heavy atom. The van der Waals surface area contributed by atoms with Crippen molar-refractivity contribution in [1.29, 1.82) is 0 Å². The molecular weight excluding hydrogens is 434 g/mol. The molecule has 33 heavy (non-hydrogen) atoms. The summed E-state index contributed by atoms with van der Waals surface area (Å²) in [5.74, 6) is -0.204. The van der Waals surface area contributed by atoms with Crippen molar-refractivity contribution in [3.63, 3.8) is 0 Å². The fourth-order valence-corrected chi connectivity index (χ4v) is 2.65. The number of non-ortho nitro benzene ring substituents is 1. The molecule has 0 fully saturated rings. The van der Waals surface area contributed by atoms with Crippen LogP contribution < -0.4 is 14.9 Å². The van der Waals surface area contributed by atoms with E-state index in [1.807, 2.05) is 0 Å². The first-order chi connectivity index (χ1) is 15.9. The van der Waals surface area contributed by atoms with Crippen molar-refractivity contribution >= 4 is 23.5 Å². The second-order valence-corrected chi connectivity index (χ2v) is 6.35. The van der Waals surface area contributed by atoms with E-state index in [4.69, 9.17) is 9.47 Å². The zero-order valence-electron chi connectivity index (χ0n) is 17.2. The molecule has 0 spiro atoms. The van der Waals surface area contributed by atoms with Gasteiger partial charge in [0.2, 0.25) is 5.75 Å². The number of hydrazone groups is 1. The summed E-state index contributed by atoms with van der Waals surface area (Å²) in [6.07, 6.45) is 4.33. The summed E-state index contributed by atoms with van der Waals surface area (Å²) in [6, 6.07) is 11.0. The van der Waals surface area contributed by atoms with Crippen LogP contribution >= 0.6 is 0 Å². The third-order valence-electron chi connectivity index (χ3n) is 4.14. The Morgan fingerprint density at radius 2 is 1.88 bits per heavy atom. The van der Waals surface area contributed by atoms with Gasteiger partial charge < -0.3 is 9.47 Å². The van der Waals surface area contributed by atoms with E-state index >= 15 is 0 Å². The number of benzene rings is 2. The molecule has 12 nitrogen and oxygen atoms in total. The van der Waals surface area contributed by atoms with Gasteiger partial charge >= 0.3 is 5.69 Å². The molecule has 1 aromatic heterocycles. The fourth-order valence-electron chi connectivity index (χ4n) is 2.65. The fraction of sp³-hybridized carbons (Fsp3) is 0.0952.